The van der Waals surface area contributed by atoms with Gasteiger partial charge in [0.1, 0.15) is 11.4 Å². The smallest absolute Gasteiger partial charge is 0.350 e. The molecule has 0 aromatic carbocycles. The summed E-state index contributed by atoms with van der Waals surface area (Å²) in [5.41, 5.74) is 16.0. The Kier molecular flexibility index (Phi) is 8.22. The third kappa shape index (κ3) is 5.68. The lowest BCUT2D eigenvalue weighted by Crippen LogP contribution is -2.71. The number of carboxylic acids is 2. The highest BCUT2D eigenvalue weighted by atomic mass is 32.2. The van der Waals surface area contributed by atoms with Crippen molar-refractivity contribution in [1.29, 1.82) is 0 Å². The van der Waals surface area contributed by atoms with E-state index in [1.54, 1.807) is 22.6 Å². The summed E-state index contributed by atoms with van der Waals surface area (Å²) in [5.74, 6) is -4.06. The van der Waals surface area contributed by atoms with E-state index in [0.717, 1.165) is 22.0 Å². The number of thioether (sulfide) groups is 1. The van der Waals surface area contributed by atoms with Crippen LogP contribution >= 0.6 is 23.3 Å². The summed E-state index contributed by atoms with van der Waals surface area (Å²) in [5, 5.41) is 26.9. The van der Waals surface area contributed by atoms with Crippen LogP contribution in [-0.2, 0) is 44.0 Å². The molecule has 0 saturated carbocycles. The molecule has 0 radical (unpaired) electrons. The third-order valence-electron chi connectivity index (χ3n) is 6.41. The van der Waals surface area contributed by atoms with Crippen molar-refractivity contribution in [3.63, 3.8) is 0 Å². The Morgan fingerprint density at radius 2 is 2.07 bits per heavy atom. The number of hydrogen-bond donors (Lipinski definition) is 5. The Hall–Kier alpha value is -4.23. The van der Waals surface area contributed by atoms with Crippen molar-refractivity contribution in [2.24, 2.45) is 17.9 Å². The number of anilines is 2. The van der Waals surface area contributed by atoms with Crippen LogP contribution in [0.25, 0.3) is 0 Å². The van der Waals surface area contributed by atoms with E-state index in [-0.39, 0.29) is 29.0 Å². The van der Waals surface area contributed by atoms with Gasteiger partial charge in [-0.3, -0.25) is 14.5 Å². The number of amides is 2. The minimum Gasteiger partial charge on any atom is -0.543 e. The lowest BCUT2D eigenvalue weighted by molar-refractivity contribution is -0.765. The second-order valence-corrected chi connectivity index (χ2v) is 11.5. The molecule has 41 heavy (non-hydrogen) atoms. The Bertz CT molecular complexity index is 1480. The van der Waals surface area contributed by atoms with E-state index >= 15 is 0 Å². The minimum atomic E-state index is -1.80. The number of fused-ring (bicyclic) bond motifs is 1. The van der Waals surface area contributed by atoms with Gasteiger partial charge in [-0.1, -0.05) is 5.16 Å². The van der Waals surface area contributed by atoms with Gasteiger partial charge in [-0.2, -0.15) is 9.36 Å². The summed E-state index contributed by atoms with van der Waals surface area (Å²) in [7, 11) is 1.72. The van der Waals surface area contributed by atoms with Crippen LogP contribution in [0.5, 0.6) is 0 Å². The number of nitrogens with one attached hydrogen (secondary N) is 1. The molecule has 17 nitrogen and oxygen atoms in total. The van der Waals surface area contributed by atoms with Gasteiger partial charge in [0.15, 0.2) is 17.5 Å². The fourth-order valence-corrected chi connectivity index (χ4v) is 5.86. The van der Waals surface area contributed by atoms with E-state index in [1.165, 1.54) is 25.6 Å². The van der Waals surface area contributed by atoms with Gasteiger partial charge >= 0.3 is 5.97 Å². The highest BCUT2D eigenvalue weighted by molar-refractivity contribution is 8.00. The number of β-lactam (4-membered cyclic amide) rings is 1. The molecular formula is C22H28N10O7S2. The molecule has 2 aromatic rings. The van der Waals surface area contributed by atoms with Crippen LogP contribution in [0.1, 0.15) is 25.2 Å². The first-order chi connectivity index (χ1) is 19.3. The number of aliphatic carboxylic acids is 2. The molecule has 0 bridgehead atoms. The van der Waals surface area contributed by atoms with E-state index in [0.29, 0.717) is 24.4 Å². The second kappa shape index (κ2) is 11.3. The number of hydrogen-bond acceptors (Lipinski definition) is 14. The van der Waals surface area contributed by atoms with Crippen LogP contribution in [-0.4, -0.2) is 82.8 Å². The summed E-state index contributed by atoms with van der Waals surface area (Å²) >= 11 is 2.01. The van der Waals surface area contributed by atoms with E-state index in [9.17, 15) is 29.4 Å². The number of aromatic nitrogens is 4. The van der Waals surface area contributed by atoms with Crippen molar-refractivity contribution in [2.45, 2.75) is 43.8 Å². The van der Waals surface area contributed by atoms with Gasteiger partial charge in [0, 0.05) is 22.9 Å². The summed E-state index contributed by atoms with van der Waals surface area (Å²) < 4.78 is 7.30. The number of nitrogens with zero attached hydrogens (tertiary/aromatic N) is 6. The SMILES string of the molecule is Cn1c(N)c(CCN)c[n+]1CC1=C(C(=O)[O-])N2C(=O)[C@@H](NC(=O)/C(=N\OC(C)(C)C(=O)O)c3nsc(N)n3)[C@H]2SC1. The molecule has 0 unspecified atom stereocenters. The van der Waals surface area contributed by atoms with Crippen molar-refractivity contribution in [3.05, 3.63) is 28.9 Å². The molecule has 2 atom stereocenters. The highest BCUT2D eigenvalue weighted by Gasteiger charge is 2.53. The van der Waals surface area contributed by atoms with Crippen molar-refractivity contribution in [3.8, 4) is 0 Å². The van der Waals surface area contributed by atoms with Crippen LogP contribution in [0.4, 0.5) is 10.9 Å². The first kappa shape index (κ1) is 29.7. The maximum absolute atomic E-state index is 13.2. The molecule has 2 aliphatic rings. The molecule has 2 amide bonds. The van der Waals surface area contributed by atoms with Gasteiger partial charge in [-0.15, -0.1) is 21.1 Å². The molecule has 8 N–H and O–H groups in total. The average molecular weight is 609 g/mol. The number of carboxylic acid groups (broad SMARTS) is 2. The number of rotatable bonds is 11. The first-order valence-electron chi connectivity index (χ1n) is 12.1. The summed E-state index contributed by atoms with van der Waals surface area (Å²) in [6, 6.07) is -1.13. The number of carbonyl (C=O) groups excluding carboxylic acids is 3. The zero-order valence-electron chi connectivity index (χ0n) is 22.2. The molecule has 220 valence electrons. The molecule has 1 fully saturated rings. The Morgan fingerprint density at radius 1 is 1.37 bits per heavy atom. The fourth-order valence-electron chi connectivity index (χ4n) is 4.09. The monoisotopic (exact) mass is 608 g/mol. The molecule has 19 heteroatoms. The normalized spacial score (nSPS) is 19.1. The molecule has 2 aliphatic heterocycles. The van der Waals surface area contributed by atoms with Gasteiger partial charge in [0.25, 0.3) is 11.8 Å². The zero-order chi connectivity index (χ0) is 30.2. The van der Waals surface area contributed by atoms with Crippen LogP contribution < -0.4 is 32.3 Å². The van der Waals surface area contributed by atoms with Crippen molar-refractivity contribution in [2.75, 3.05) is 23.8 Å². The number of oxime groups is 1. The Morgan fingerprint density at radius 3 is 2.66 bits per heavy atom. The number of carbonyl (C=O) groups is 4. The number of nitrogens with two attached hydrogens (primary N) is 3. The zero-order valence-corrected chi connectivity index (χ0v) is 23.8. The predicted octanol–water partition coefficient (Wildman–Crippen LogP) is -3.48. The van der Waals surface area contributed by atoms with E-state index in [2.05, 4.69) is 19.8 Å². The van der Waals surface area contributed by atoms with Gasteiger partial charge in [0.05, 0.1) is 24.3 Å². The van der Waals surface area contributed by atoms with Gasteiger partial charge in [0.2, 0.25) is 23.3 Å². The highest BCUT2D eigenvalue weighted by Crippen LogP contribution is 2.40. The maximum Gasteiger partial charge on any atom is 0.350 e. The lowest BCUT2D eigenvalue weighted by atomic mass is 10.0. The molecule has 4 heterocycles. The van der Waals surface area contributed by atoms with Gasteiger partial charge < -0.3 is 42.4 Å². The lowest BCUT2D eigenvalue weighted by Gasteiger charge is -2.50. The Balaban J connectivity index is 1.56. The molecule has 2 aromatic heterocycles. The van der Waals surface area contributed by atoms with Crippen LogP contribution in [0.15, 0.2) is 22.6 Å². The topological polar surface area (TPSA) is 261 Å². The fraction of sp³-hybridized carbons (Fsp3) is 0.455. The summed E-state index contributed by atoms with van der Waals surface area (Å²) in [6.45, 7) is 2.95. The quantitative estimate of drug-likeness (QED) is 0.0719. The molecule has 0 spiro atoms. The molecule has 4 rings (SSSR count). The van der Waals surface area contributed by atoms with Crippen LogP contribution in [0, 0.1) is 0 Å². The first-order valence-corrected chi connectivity index (χ1v) is 13.9. The average Bonchev–Trinajstić information content (AvgIpc) is 3.45. The van der Waals surface area contributed by atoms with Crippen molar-refractivity contribution < 1.29 is 38.9 Å². The maximum atomic E-state index is 13.2. The van der Waals surface area contributed by atoms with Gasteiger partial charge in [-0.05, 0) is 26.8 Å². The summed E-state index contributed by atoms with van der Waals surface area (Å²) in [6.07, 6.45) is 2.31. The van der Waals surface area contributed by atoms with Crippen LogP contribution in [0.3, 0.4) is 0 Å². The molecule has 0 aliphatic carbocycles. The Labute approximate surface area is 241 Å². The van der Waals surface area contributed by atoms with Crippen molar-refractivity contribution in [1.82, 2.24) is 24.3 Å². The summed E-state index contributed by atoms with van der Waals surface area (Å²) in [4.78, 5) is 59.9. The van der Waals surface area contributed by atoms with Crippen molar-refractivity contribution >= 4 is 63.7 Å². The third-order valence-corrected chi connectivity index (χ3v) is 8.29. The van der Waals surface area contributed by atoms with E-state index in [1.807, 2.05) is 0 Å². The standard InChI is InChI=1S/C22H28N10O7S2/c1-22(2,20(37)38)39-28-11(15-27-21(25)41-29-15)16(33)26-12-17(34)32-13(19(35)36)10(8-40-18(12)32)7-31-6-9(4-5-23)14(24)30(31)3/h6,12,18,24H,4-5,7-8,23H2,1-3H3,(H5,25,26,27,29,33,35,36,37,38)/b28-11-/t12-,18-/m1/s1. The van der Waals surface area contributed by atoms with E-state index in [4.69, 9.17) is 22.0 Å². The minimum absolute atomic E-state index is 0.0102. The predicted molar refractivity (Wildman–Crippen MR) is 143 cm³/mol. The molecule has 1 saturated heterocycles. The number of nitrogen functional groups attached to an aromatic ring is 2. The van der Waals surface area contributed by atoms with E-state index < -0.39 is 46.5 Å². The largest absolute Gasteiger partial charge is 0.543 e. The second-order valence-electron chi connectivity index (χ2n) is 9.60. The van der Waals surface area contributed by atoms with Crippen LogP contribution in [0.2, 0.25) is 0 Å². The molecular weight excluding hydrogens is 580 g/mol. The van der Waals surface area contributed by atoms with Gasteiger partial charge in [-0.25, -0.2) is 4.79 Å².